The Hall–Kier alpha value is -3.51. The number of amidine groups is 1. The average molecular weight is 400 g/mol. The van der Waals surface area contributed by atoms with Crippen molar-refractivity contribution < 1.29 is 14.3 Å². The molecule has 0 atom stereocenters. The SMILES string of the molecule is O=C1/C(=C/c2ccc3c(c2)OCO3)SC(=Nc2ccccc2)N1c1ccccc1. The minimum absolute atomic E-state index is 0.103. The minimum atomic E-state index is -0.103. The molecule has 5 nitrogen and oxygen atoms in total. The first-order valence-corrected chi connectivity index (χ1v) is 9.92. The molecule has 1 fully saturated rings. The zero-order valence-corrected chi connectivity index (χ0v) is 16.1. The van der Waals surface area contributed by atoms with Crippen LogP contribution in [-0.2, 0) is 4.79 Å². The number of amides is 1. The Balaban J connectivity index is 1.54. The van der Waals surface area contributed by atoms with Crippen LogP contribution >= 0.6 is 11.8 Å². The average Bonchev–Trinajstić information content (AvgIpc) is 3.34. The number of aliphatic imine (C=N–C) groups is 1. The number of ether oxygens (including phenoxy) is 2. The van der Waals surface area contributed by atoms with E-state index in [2.05, 4.69) is 0 Å². The Morgan fingerprint density at radius 3 is 2.41 bits per heavy atom. The molecular formula is C23H16N2O3S. The third-order valence-electron chi connectivity index (χ3n) is 4.50. The van der Waals surface area contributed by atoms with Gasteiger partial charge >= 0.3 is 0 Å². The standard InChI is InChI=1S/C23H16N2O3S/c26-22-21(14-16-11-12-19-20(13-16)28-15-27-19)29-23(24-17-7-3-1-4-8-17)25(22)18-9-5-2-6-10-18/h1-14H,15H2/b21-14-,24-23?. The molecule has 0 N–H and O–H groups in total. The van der Waals surface area contributed by atoms with Gasteiger partial charge in [-0.05, 0) is 59.8 Å². The Morgan fingerprint density at radius 1 is 0.897 bits per heavy atom. The molecule has 0 bridgehead atoms. The predicted octanol–water partition coefficient (Wildman–Crippen LogP) is 5.22. The van der Waals surface area contributed by atoms with Crippen LogP contribution < -0.4 is 14.4 Å². The van der Waals surface area contributed by atoms with Gasteiger partial charge in [-0.25, -0.2) is 4.99 Å². The molecule has 0 spiro atoms. The summed E-state index contributed by atoms with van der Waals surface area (Å²) in [6, 6.07) is 24.8. The van der Waals surface area contributed by atoms with Gasteiger partial charge in [0.15, 0.2) is 16.7 Å². The van der Waals surface area contributed by atoms with Crippen molar-refractivity contribution in [3.8, 4) is 11.5 Å². The van der Waals surface area contributed by atoms with Crippen LogP contribution in [0.25, 0.3) is 6.08 Å². The number of hydrogen-bond donors (Lipinski definition) is 0. The van der Waals surface area contributed by atoms with Crippen LogP contribution in [0, 0.1) is 0 Å². The van der Waals surface area contributed by atoms with Crippen LogP contribution in [-0.4, -0.2) is 17.9 Å². The van der Waals surface area contributed by atoms with E-state index in [0.717, 1.165) is 22.7 Å². The lowest BCUT2D eigenvalue weighted by Crippen LogP contribution is -2.28. The molecule has 3 aromatic carbocycles. The molecule has 0 aliphatic carbocycles. The number of para-hydroxylation sites is 2. The number of fused-ring (bicyclic) bond motifs is 1. The summed E-state index contributed by atoms with van der Waals surface area (Å²) in [6.45, 7) is 0.221. The maximum Gasteiger partial charge on any atom is 0.271 e. The lowest BCUT2D eigenvalue weighted by atomic mass is 10.2. The molecule has 0 radical (unpaired) electrons. The molecule has 142 valence electrons. The van der Waals surface area contributed by atoms with Crippen LogP contribution in [0.2, 0.25) is 0 Å². The van der Waals surface area contributed by atoms with Gasteiger partial charge in [-0.2, -0.15) is 0 Å². The van der Waals surface area contributed by atoms with E-state index in [9.17, 15) is 4.79 Å². The van der Waals surface area contributed by atoms with E-state index >= 15 is 0 Å². The predicted molar refractivity (Wildman–Crippen MR) is 116 cm³/mol. The Labute approximate surface area is 172 Å². The summed E-state index contributed by atoms with van der Waals surface area (Å²) in [6.07, 6.45) is 1.86. The molecule has 0 unspecified atom stereocenters. The molecule has 29 heavy (non-hydrogen) atoms. The van der Waals surface area contributed by atoms with Crippen molar-refractivity contribution in [1.29, 1.82) is 0 Å². The molecule has 1 amide bonds. The maximum absolute atomic E-state index is 13.2. The number of carbonyl (C=O) groups excluding carboxylic acids is 1. The van der Waals surface area contributed by atoms with Gasteiger partial charge in [-0.1, -0.05) is 42.5 Å². The fourth-order valence-corrected chi connectivity index (χ4v) is 4.12. The summed E-state index contributed by atoms with van der Waals surface area (Å²) in [4.78, 5) is 20.2. The fraction of sp³-hybridized carbons (Fsp3) is 0.0435. The zero-order chi connectivity index (χ0) is 19.6. The van der Waals surface area contributed by atoms with Crippen molar-refractivity contribution in [3.05, 3.63) is 89.3 Å². The lowest BCUT2D eigenvalue weighted by molar-refractivity contribution is -0.113. The quantitative estimate of drug-likeness (QED) is 0.566. The highest BCUT2D eigenvalue weighted by molar-refractivity contribution is 8.19. The monoisotopic (exact) mass is 400 g/mol. The number of thioether (sulfide) groups is 1. The molecule has 1 saturated heterocycles. The highest BCUT2D eigenvalue weighted by Crippen LogP contribution is 2.39. The van der Waals surface area contributed by atoms with E-state index < -0.39 is 0 Å². The van der Waals surface area contributed by atoms with Gasteiger partial charge in [0.2, 0.25) is 6.79 Å². The highest BCUT2D eigenvalue weighted by Gasteiger charge is 2.34. The first-order chi connectivity index (χ1) is 14.3. The van der Waals surface area contributed by atoms with Gasteiger partial charge < -0.3 is 9.47 Å². The summed E-state index contributed by atoms with van der Waals surface area (Å²) in [5.74, 6) is 1.30. The lowest BCUT2D eigenvalue weighted by Gasteiger charge is -2.15. The largest absolute Gasteiger partial charge is 0.454 e. The number of carbonyl (C=O) groups is 1. The van der Waals surface area contributed by atoms with Crippen molar-refractivity contribution in [3.63, 3.8) is 0 Å². The smallest absolute Gasteiger partial charge is 0.271 e. The van der Waals surface area contributed by atoms with Crippen molar-refractivity contribution in [2.75, 3.05) is 11.7 Å². The second kappa shape index (κ2) is 7.48. The number of anilines is 1. The summed E-state index contributed by atoms with van der Waals surface area (Å²) in [7, 11) is 0. The van der Waals surface area contributed by atoms with E-state index in [1.54, 1.807) is 4.90 Å². The van der Waals surface area contributed by atoms with Crippen LogP contribution in [0.1, 0.15) is 5.56 Å². The summed E-state index contributed by atoms with van der Waals surface area (Å²) in [5.41, 5.74) is 2.46. The molecule has 2 aliphatic rings. The van der Waals surface area contributed by atoms with E-state index in [-0.39, 0.29) is 12.7 Å². The van der Waals surface area contributed by atoms with Gasteiger partial charge in [0.05, 0.1) is 16.3 Å². The van der Waals surface area contributed by atoms with E-state index in [1.165, 1.54) is 11.8 Å². The Morgan fingerprint density at radius 2 is 1.62 bits per heavy atom. The molecule has 2 aliphatic heterocycles. The maximum atomic E-state index is 13.2. The normalized spacial score (nSPS) is 18.1. The molecule has 0 aromatic heterocycles. The van der Waals surface area contributed by atoms with E-state index in [1.807, 2.05) is 84.9 Å². The second-order valence-electron chi connectivity index (χ2n) is 6.43. The zero-order valence-electron chi connectivity index (χ0n) is 15.3. The van der Waals surface area contributed by atoms with Crippen LogP contribution in [0.3, 0.4) is 0 Å². The summed E-state index contributed by atoms with van der Waals surface area (Å²) >= 11 is 1.36. The highest BCUT2D eigenvalue weighted by atomic mass is 32.2. The van der Waals surface area contributed by atoms with Crippen molar-refractivity contribution >= 4 is 40.3 Å². The van der Waals surface area contributed by atoms with E-state index in [4.69, 9.17) is 14.5 Å². The number of nitrogens with zero attached hydrogens (tertiary/aromatic N) is 2. The van der Waals surface area contributed by atoms with Gasteiger partial charge in [-0.3, -0.25) is 9.69 Å². The molecular weight excluding hydrogens is 384 g/mol. The van der Waals surface area contributed by atoms with Crippen LogP contribution in [0.15, 0.2) is 88.8 Å². The van der Waals surface area contributed by atoms with Crippen molar-refractivity contribution in [2.24, 2.45) is 4.99 Å². The van der Waals surface area contributed by atoms with Gasteiger partial charge in [-0.15, -0.1) is 0 Å². The van der Waals surface area contributed by atoms with Crippen LogP contribution in [0.4, 0.5) is 11.4 Å². The third-order valence-corrected chi connectivity index (χ3v) is 5.46. The molecule has 3 aromatic rings. The van der Waals surface area contributed by atoms with Crippen molar-refractivity contribution in [1.82, 2.24) is 0 Å². The first-order valence-electron chi connectivity index (χ1n) is 9.10. The molecule has 2 heterocycles. The Bertz CT molecular complexity index is 1130. The topological polar surface area (TPSA) is 51.1 Å². The molecule has 5 rings (SSSR count). The second-order valence-corrected chi connectivity index (χ2v) is 7.44. The number of hydrogen-bond acceptors (Lipinski definition) is 5. The summed E-state index contributed by atoms with van der Waals surface area (Å²) < 4.78 is 10.8. The Kier molecular flexibility index (Phi) is 4.54. The fourth-order valence-electron chi connectivity index (χ4n) is 3.12. The summed E-state index contributed by atoms with van der Waals surface area (Å²) in [5, 5.41) is 0.624. The minimum Gasteiger partial charge on any atom is -0.454 e. The third kappa shape index (κ3) is 3.50. The van der Waals surface area contributed by atoms with Gasteiger partial charge in [0.25, 0.3) is 5.91 Å². The van der Waals surface area contributed by atoms with E-state index in [0.29, 0.717) is 15.8 Å². The number of rotatable bonds is 3. The van der Waals surface area contributed by atoms with Crippen LogP contribution in [0.5, 0.6) is 11.5 Å². The molecule has 6 heteroatoms. The first kappa shape index (κ1) is 17.6. The number of benzene rings is 3. The molecule has 0 saturated carbocycles. The van der Waals surface area contributed by atoms with Gasteiger partial charge in [0.1, 0.15) is 0 Å². The van der Waals surface area contributed by atoms with Crippen molar-refractivity contribution in [2.45, 2.75) is 0 Å². The van der Waals surface area contributed by atoms with Gasteiger partial charge in [0, 0.05) is 0 Å².